The highest BCUT2D eigenvalue weighted by atomic mass is 32.1. The summed E-state index contributed by atoms with van der Waals surface area (Å²) in [6.07, 6.45) is -0.0775. The third-order valence-electron chi connectivity index (χ3n) is 3.50. The first kappa shape index (κ1) is 14.5. The van der Waals surface area contributed by atoms with Crippen molar-refractivity contribution in [3.63, 3.8) is 0 Å². The number of amides is 1. The van der Waals surface area contributed by atoms with Crippen molar-refractivity contribution >= 4 is 17.2 Å². The first-order valence-electron chi connectivity index (χ1n) is 6.71. The Balaban J connectivity index is 2.00. The van der Waals surface area contributed by atoms with Crippen molar-refractivity contribution in [1.82, 2.24) is 10.6 Å². The van der Waals surface area contributed by atoms with Crippen LogP contribution < -0.4 is 10.6 Å². The lowest BCUT2D eigenvalue weighted by Gasteiger charge is -2.30. The zero-order valence-corrected chi connectivity index (χ0v) is 12.8. The van der Waals surface area contributed by atoms with Crippen LogP contribution in [0.2, 0.25) is 0 Å². The number of morpholine rings is 1. The van der Waals surface area contributed by atoms with Gasteiger partial charge in [-0.1, -0.05) is 0 Å². The molecule has 106 valence electrons. The molecule has 0 radical (unpaired) electrons. The van der Waals surface area contributed by atoms with Crippen LogP contribution in [0, 0.1) is 13.8 Å². The smallest absolute Gasteiger partial charge is 0.240 e. The zero-order chi connectivity index (χ0) is 14.0. The highest BCUT2D eigenvalue weighted by Gasteiger charge is 2.29. The third kappa shape index (κ3) is 3.35. The van der Waals surface area contributed by atoms with Gasteiger partial charge in [0, 0.05) is 16.3 Å². The van der Waals surface area contributed by atoms with Gasteiger partial charge in [0.2, 0.25) is 5.91 Å². The lowest BCUT2D eigenvalue weighted by atomic mass is 10.1. The first-order chi connectivity index (χ1) is 8.99. The van der Waals surface area contributed by atoms with E-state index >= 15 is 0 Å². The molecule has 2 rings (SSSR count). The molecule has 5 heteroatoms. The fourth-order valence-corrected chi connectivity index (χ4v) is 3.51. The van der Waals surface area contributed by atoms with Crippen LogP contribution in [0.4, 0.5) is 0 Å². The molecule has 1 aromatic heterocycles. The molecule has 2 N–H and O–H groups in total. The normalized spacial score (nSPS) is 25.1. The molecule has 4 nitrogen and oxygen atoms in total. The molecule has 0 aromatic carbocycles. The zero-order valence-electron chi connectivity index (χ0n) is 11.9. The van der Waals surface area contributed by atoms with Crippen molar-refractivity contribution in [3.8, 4) is 0 Å². The van der Waals surface area contributed by atoms with Gasteiger partial charge in [0.25, 0.3) is 0 Å². The van der Waals surface area contributed by atoms with Crippen LogP contribution in [0.3, 0.4) is 0 Å². The predicted octanol–water partition coefficient (Wildman–Crippen LogP) is 1.92. The fourth-order valence-electron chi connectivity index (χ4n) is 2.49. The van der Waals surface area contributed by atoms with E-state index in [4.69, 9.17) is 4.74 Å². The molecule has 1 aliphatic heterocycles. The van der Waals surface area contributed by atoms with Gasteiger partial charge in [-0.3, -0.25) is 4.79 Å². The Morgan fingerprint density at radius 1 is 1.58 bits per heavy atom. The lowest BCUT2D eigenvalue weighted by molar-refractivity contribution is -0.129. The maximum Gasteiger partial charge on any atom is 0.240 e. The molecule has 19 heavy (non-hydrogen) atoms. The Bertz CT molecular complexity index is 458. The highest BCUT2D eigenvalue weighted by Crippen LogP contribution is 2.26. The molecule has 1 unspecified atom stereocenters. The minimum Gasteiger partial charge on any atom is -0.375 e. The van der Waals surface area contributed by atoms with E-state index in [-0.39, 0.29) is 24.1 Å². The summed E-state index contributed by atoms with van der Waals surface area (Å²) in [5, 5.41) is 6.29. The number of ether oxygens (including phenoxy) is 1. The third-order valence-corrected chi connectivity index (χ3v) is 4.49. The van der Waals surface area contributed by atoms with Crippen molar-refractivity contribution < 1.29 is 9.53 Å². The van der Waals surface area contributed by atoms with Crippen LogP contribution in [0.5, 0.6) is 0 Å². The van der Waals surface area contributed by atoms with Crippen molar-refractivity contribution in [2.24, 2.45) is 0 Å². The minimum absolute atomic E-state index is 0.0166. The largest absolute Gasteiger partial charge is 0.375 e. The van der Waals surface area contributed by atoms with Crippen LogP contribution in [-0.2, 0) is 9.53 Å². The van der Waals surface area contributed by atoms with E-state index in [0.717, 1.165) is 6.54 Å². The van der Waals surface area contributed by atoms with Gasteiger partial charge in [-0.15, -0.1) is 11.3 Å². The summed E-state index contributed by atoms with van der Waals surface area (Å²) in [5.74, 6) is 0.0166. The van der Waals surface area contributed by atoms with Gasteiger partial charge in [0.1, 0.15) is 6.04 Å². The molecule has 1 amide bonds. The number of carbonyl (C=O) groups is 1. The van der Waals surface area contributed by atoms with Crippen LogP contribution in [0.15, 0.2) is 6.07 Å². The van der Waals surface area contributed by atoms with E-state index in [2.05, 4.69) is 30.5 Å². The van der Waals surface area contributed by atoms with Gasteiger partial charge in [0.05, 0.1) is 18.8 Å². The monoisotopic (exact) mass is 282 g/mol. The van der Waals surface area contributed by atoms with Crippen LogP contribution >= 0.6 is 11.3 Å². The first-order valence-corrected chi connectivity index (χ1v) is 7.53. The Morgan fingerprint density at radius 3 is 2.89 bits per heavy atom. The van der Waals surface area contributed by atoms with E-state index in [9.17, 15) is 4.79 Å². The molecular weight excluding hydrogens is 260 g/mol. The Hall–Kier alpha value is -0.910. The second-order valence-corrected chi connectivity index (χ2v) is 6.57. The summed E-state index contributed by atoms with van der Waals surface area (Å²) >= 11 is 1.77. The molecule has 3 atom stereocenters. The number of hydrogen-bond donors (Lipinski definition) is 2. The number of rotatable bonds is 3. The van der Waals surface area contributed by atoms with Crippen molar-refractivity contribution in [1.29, 1.82) is 0 Å². The number of thiophene rings is 1. The quantitative estimate of drug-likeness (QED) is 0.890. The summed E-state index contributed by atoms with van der Waals surface area (Å²) < 4.78 is 5.51. The van der Waals surface area contributed by atoms with Gasteiger partial charge in [-0.2, -0.15) is 0 Å². The van der Waals surface area contributed by atoms with Crippen molar-refractivity contribution in [2.45, 2.75) is 45.9 Å². The minimum atomic E-state index is -0.253. The molecule has 2 heterocycles. The summed E-state index contributed by atoms with van der Waals surface area (Å²) in [5.41, 5.74) is 1.21. The van der Waals surface area contributed by atoms with E-state index in [1.165, 1.54) is 15.3 Å². The van der Waals surface area contributed by atoms with E-state index in [1.54, 1.807) is 11.3 Å². The SMILES string of the molecule is Cc1cc(C(C)NC(=O)[C@H]2NCCO[C@@H]2C)c(C)s1. The molecule has 0 bridgehead atoms. The van der Waals surface area contributed by atoms with E-state index < -0.39 is 0 Å². The van der Waals surface area contributed by atoms with Crippen molar-refractivity contribution in [2.75, 3.05) is 13.2 Å². The van der Waals surface area contributed by atoms with E-state index in [1.807, 2.05) is 13.8 Å². The summed E-state index contributed by atoms with van der Waals surface area (Å²) in [6, 6.07) is 1.93. The highest BCUT2D eigenvalue weighted by molar-refractivity contribution is 7.12. The standard InChI is InChI=1S/C14H22N2O2S/c1-8-7-12(11(4)19-8)9(2)16-14(17)13-10(3)18-6-5-15-13/h7,9-10,13,15H,5-6H2,1-4H3,(H,16,17)/t9?,10-,13+/m1/s1. The van der Waals surface area contributed by atoms with Crippen molar-refractivity contribution in [3.05, 3.63) is 21.4 Å². The molecule has 1 aromatic rings. The molecule has 1 saturated heterocycles. The molecule has 0 aliphatic carbocycles. The Kier molecular flexibility index (Phi) is 4.60. The van der Waals surface area contributed by atoms with Crippen LogP contribution in [-0.4, -0.2) is 31.2 Å². The molecule has 1 aliphatic rings. The predicted molar refractivity (Wildman–Crippen MR) is 77.6 cm³/mol. The van der Waals surface area contributed by atoms with Gasteiger partial charge >= 0.3 is 0 Å². The number of aryl methyl sites for hydroxylation is 2. The van der Waals surface area contributed by atoms with E-state index in [0.29, 0.717) is 6.61 Å². The number of carbonyl (C=O) groups excluding carboxylic acids is 1. The average Bonchev–Trinajstić information content (AvgIpc) is 2.69. The lowest BCUT2D eigenvalue weighted by Crippen LogP contribution is -2.55. The topological polar surface area (TPSA) is 50.4 Å². The number of nitrogens with one attached hydrogen (secondary N) is 2. The molecule has 1 fully saturated rings. The van der Waals surface area contributed by atoms with Crippen LogP contribution in [0.1, 0.15) is 35.2 Å². The van der Waals surface area contributed by atoms with Gasteiger partial charge in [0.15, 0.2) is 0 Å². The Morgan fingerprint density at radius 2 is 2.32 bits per heavy atom. The second-order valence-electron chi connectivity index (χ2n) is 5.11. The second kappa shape index (κ2) is 6.03. The van der Waals surface area contributed by atoms with Gasteiger partial charge in [-0.05, 0) is 39.3 Å². The summed E-state index contributed by atoms with van der Waals surface area (Å²) in [7, 11) is 0. The molecule has 0 saturated carbocycles. The van der Waals surface area contributed by atoms with Gasteiger partial charge in [-0.25, -0.2) is 0 Å². The molecule has 0 spiro atoms. The fraction of sp³-hybridized carbons (Fsp3) is 0.643. The maximum atomic E-state index is 12.3. The maximum absolute atomic E-state index is 12.3. The summed E-state index contributed by atoms with van der Waals surface area (Å²) in [4.78, 5) is 14.8. The summed E-state index contributed by atoms with van der Waals surface area (Å²) in [6.45, 7) is 9.55. The number of hydrogen-bond acceptors (Lipinski definition) is 4. The molecular formula is C14H22N2O2S. The Labute approximate surface area is 118 Å². The average molecular weight is 282 g/mol. The van der Waals surface area contributed by atoms with Gasteiger partial charge < -0.3 is 15.4 Å². The van der Waals surface area contributed by atoms with Crippen LogP contribution in [0.25, 0.3) is 0 Å².